The molecule has 0 radical (unpaired) electrons. The average molecular weight is 212 g/mol. The third kappa shape index (κ3) is 1.42. The quantitative estimate of drug-likeness (QED) is 0.805. The van der Waals surface area contributed by atoms with Crippen molar-refractivity contribution in [3.05, 3.63) is 29.2 Å². The summed E-state index contributed by atoms with van der Waals surface area (Å²) in [4.78, 5) is 10.5. The zero-order valence-corrected chi connectivity index (χ0v) is 7.77. The van der Waals surface area contributed by atoms with Crippen LogP contribution in [0.1, 0.15) is 5.56 Å². The molecule has 0 fully saturated rings. The summed E-state index contributed by atoms with van der Waals surface area (Å²) >= 11 is 5.72. The highest BCUT2D eigenvalue weighted by Gasteiger charge is 2.09. The summed E-state index contributed by atoms with van der Waals surface area (Å²) in [6, 6.07) is 3.40. The molecule has 0 saturated carbocycles. The molecular weight excluding hydrogens is 206 g/mol. The molecule has 2 aromatic heterocycles. The molecule has 2 rings (SSSR count). The molecule has 5 nitrogen and oxygen atoms in total. The maximum atomic E-state index is 10.5. The molecule has 0 aliphatic heterocycles. The van der Waals surface area contributed by atoms with E-state index in [-0.39, 0.29) is 11.7 Å². The third-order valence-electron chi connectivity index (χ3n) is 1.82. The molecule has 72 valence electrons. The first-order chi connectivity index (χ1) is 6.68. The smallest absolute Gasteiger partial charge is 0.307 e. The minimum absolute atomic E-state index is 0.0840. The Morgan fingerprint density at radius 1 is 1.57 bits per heavy atom. The summed E-state index contributed by atoms with van der Waals surface area (Å²) in [6.45, 7) is 0. The van der Waals surface area contributed by atoms with Crippen molar-refractivity contribution >= 4 is 23.2 Å². The van der Waals surface area contributed by atoms with Crippen molar-refractivity contribution in [3.63, 3.8) is 0 Å². The first kappa shape index (κ1) is 8.96. The van der Waals surface area contributed by atoms with Crippen molar-refractivity contribution < 1.29 is 9.90 Å². The third-order valence-corrected chi connectivity index (χ3v) is 2.07. The Morgan fingerprint density at radius 3 is 3.07 bits per heavy atom. The van der Waals surface area contributed by atoms with Crippen LogP contribution in [-0.4, -0.2) is 25.7 Å². The summed E-state index contributed by atoms with van der Waals surface area (Å²) in [6.07, 6.45) is 1.60. The van der Waals surface area contributed by atoms with Crippen molar-refractivity contribution in [2.24, 2.45) is 0 Å². The van der Waals surface area contributed by atoms with Crippen molar-refractivity contribution in [2.75, 3.05) is 0 Å². The molecule has 2 heterocycles. The van der Waals surface area contributed by atoms with E-state index in [0.29, 0.717) is 11.2 Å². The maximum absolute atomic E-state index is 10.5. The van der Waals surface area contributed by atoms with Gasteiger partial charge in [0.1, 0.15) is 0 Å². The van der Waals surface area contributed by atoms with E-state index < -0.39 is 5.97 Å². The van der Waals surface area contributed by atoms with E-state index in [4.69, 9.17) is 16.7 Å². The lowest BCUT2D eigenvalue weighted by Crippen LogP contribution is -2.02. The number of carbonyl (C=O) groups is 1. The van der Waals surface area contributed by atoms with Gasteiger partial charge in [0.25, 0.3) is 0 Å². The number of carboxylic acids is 1. The lowest BCUT2D eigenvalue weighted by molar-refractivity contribution is -0.136. The van der Waals surface area contributed by atoms with E-state index >= 15 is 0 Å². The van der Waals surface area contributed by atoms with Gasteiger partial charge >= 0.3 is 5.97 Å². The van der Waals surface area contributed by atoms with E-state index in [1.54, 1.807) is 22.7 Å². The fourth-order valence-corrected chi connectivity index (χ4v) is 1.42. The topological polar surface area (TPSA) is 67.5 Å². The molecule has 0 spiro atoms. The zero-order chi connectivity index (χ0) is 10.1. The molecular formula is C8H6ClN3O2. The molecule has 14 heavy (non-hydrogen) atoms. The van der Waals surface area contributed by atoms with E-state index in [1.807, 2.05) is 0 Å². The lowest BCUT2D eigenvalue weighted by atomic mass is 10.2. The van der Waals surface area contributed by atoms with Crippen LogP contribution in [0, 0.1) is 0 Å². The van der Waals surface area contributed by atoms with Crippen LogP contribution in [-0.2, 0) is 11.2 Å². The molecule has 1 N–H and O–H groups in total. The van der Waals surface area contributed by atoms with Gasteiger partial charge in [0.05, 0.1) is 6.42 Å². The highest BCUT2D eigenvalue weighted by atomic mass is 35.5. The second kappa shape index (κ2) is 3.26. The van der Waals surface area contributed by atoms with Crippen LogP contribution >= 0.6 is 11.6 Å². The number of aromatic nitrogens is 3. The standard InChI is InChI=1S/C8H6ClN3O2/c9-8-11-10-7-5(4-6(13)14)2-1-3-12(7)8/h1-3H,4H2,(H,13,14). The van der Waals surface area contributed by atoms with Crippen molar-refractivity contribution in [3.8, 4) is 0 Å². The number of halogens is 1. The molecule has 0 saturated heterocycles. The number of nitrogens with zero attached hydrogens (tertiary/aromatic N) is 3. The van der Waals surface area contributed by atoms with Crippen molar-refractivity contribution in [1.82, 2.24) is 14.6 Å². The van der Waals surface area contributed by atoms with Crippen molar-refractivity contribution in [2.45, 2.75) is 6.42 Å². The van der Waals surface area contributed by atoms with Gasteiger partial charge in [-0.05, 0) is 17.7 Å². The van der Waals surface area contributed by atoms with Gasteiger partial charge < -0.3 is 5.11 Å². The van der Waals surface area contributed by atoms with Crippen LogP contribution < -0.4 is 0 Å². The molecule has 6 heteroatoms. The van der Waals surface area contributed by atoms with Gasteiger partial charge in [-0.15, -0.1) is 10.2 Å². The molecule has 2 aromatic rings. The number of carboxylic acid groups (broad SMARTS) is 1. The Kier molecular flexibility index (Phi) is 2.09. The highest BCUT2D eigenvalue weighted by molar-refractivity contribution is 6.28. The van der Waals surface area contributed by atoms with E-state index in [1.165, 1.54) is 0 Å². The molecule has 0 aromatic carbocycles. The lowest BCUT2D eigenvalue weighted by Gasteiger charge is -1.98. The second-order valence-electron chi connectivity index (χ2n) is 2.77. The first-order valence-corrected chi connectivity index (χ1v) is 4.26. The number of pyridine rings is 1. The minimum Gasteiger partial charge on any atom is -0.481 e. The van der Waals surface area contributed by atoms with Crippen molar-refractivity contribution in [1.29, 1.82) is 0 Å². The highest BCUT2D eigenvalue weighted by Crippen LogP contribution is 2.13. The van der Waals surface area contributed by atoms with Crippen LogP contribution in [0.15, 0.2) is 18.3 Å². The molecule has 0 amide bonds. The average Bonchev–Trinajstić information content (AvgIpc) is 2.49. The Morgan fingerprint density at radius 2 is 2.36 bits per heavy atom. The van der Waals surface area contributed by atoms with E-state index in [2.05, 4.69) is 10.2 Å². The summed E-state index contributed by atoms with van der Waals surface area (Å²) in [5.74, 6) is -0.905. The number of hydrogen-bond donors (Lipinski definition) is 1. The van der Waals surface area contributed by atoms with E-state index in [0.717, 1.165) is 0 Å². The van der Waals surface area contributed by atoms with Crippen LogP contribution in [0.25, 0.3) is 5.65 Å². The van der Waals surface area contributed by atoms with Crippen LogP contribution in [0.4, 0.5) is 0 Å². The van der Waals surface area contributed by atoms with Gasteiger partial charge in [0.15, 0.2) is 5.65 Å². The van der Waals surface area contributed by atoms with Crippen LogP contribution in [0.2, 0.25) is 5.28 Å². The fourth-order valence-electron chi connectivity index (χ4n) is 1.24. The Bertz CT molecular complexity index is 494. The summed E-state index contributed by atoms with van der Waals surface area (Å²) < 4.78 is 1.54. The number of aliphatic carboxylic acids is 1. The Hall–Kier alpha value is -1.62. The number of rotatable bonds is 2. The van der Waals surface area contributed by atoms with Crippen LogP contribution in [0.3, 0.4) is 0 Å². The SMILES string of the molecule is O=C(O)Cc1cccn2c(Cl)nnc12. The largest absolute Gasteiger partial charge is 0.481 e. The molecule has 0 bridgehead atoms. The summed E-state index contributed by atoms with van der Waals surface area (Å²) in [5, 5.41) is 16.3. The Balaban J connectivity index is 2.59. The molecule has 0 atom stereocenters. The van der Waals surface area contributed by atoms with Gasteiger partial charge in [-0.2, -0.15) is 0 Å². The van der Waals surface area contributed by atoms with E-state index in [9.17, 15) is 4.79 Å². The summed E-state index contributed by atoms with van der Waals surface area (Å²) in [7, 11) is 0. The monoisotopic (exact) mass is 211 g/mol. The van der Waals surface area contributed by atoms with Crippen LogP contribution in [0.5, 0.6) is 0 Å². The predicted molar refractivity (Wildman–Crippen MR) is 49.3 cm³/mol. The second-order valence-corrected chi connectivity index (χ2v) is 3.10. The normalized spacial score (nSPS) is 10.6. The molecule has 0 unspecified atom stereocenters. The number of fused-ring (bicyclic) bond motifs is 1. The molecule has 0 aliphatic carbocycles. The number of hydrogen-bond acceptors (Lipinski definition) is 3. The first-order valence-electron chi connectivity index (χ1n) is 3.88. The zero-order valence-electron chi connectivity index (χ0n) is 7.01. The minimum atomic E-state index is -0.905. The maximum Gasteiger partial charge on any atom is 0.307 e. The predicted octanol–water partition coefficient (Wildman–Crippen LogP) is 1.01. The van der Waals surface area contributed by atoms with Gasteiger partial charge in [0.2, 0.25) is 5.28 Å². The van der Waals surface area contributed by atoms with Gasteiger partial charge in [-0.25, -0.2) is 0 Å². The Labute approximate surface area is 83.9 Å². The molecule has 0 aliphatic rings. The summed E-state index contributed by atoms with van der Waals surface area (Å²) in [5.41, 5.74) is 1.08. The van der Waals surface area contributed by atoms with Gasteiger partial charge in [-0.3, -0.25) is 9.20 Å². The van der Waals surface area contributed by atoms with Gasteiger partial charge in [-0.1, -0.05) is 6.07 Å². The fraction of sp³-hybridized carbons (Fsp3) is 0.125. The van der Waals surface area contributed by atoms with Gasteiger partial charge in [0, 0.05) is 11.8 Å².